The van der Waals surface area contributed by atoms with Crippen molar-refractivity contribution in [3.8, 4) is 11.3 Å². The Hall–Kier alpha value is -3.49. The van der Waals surface area contributed by atoms with Gasteiger partial charge in [-0.3, -0.25) is 9.78 Å². The van der Waals surface area contributed by atoms with Crippen LogP contribution in [0.3, 0.4) is 0 Å². The highest BCUT2D eigenvalue weighted by Gasteiger charge is 2.15. The monoisotopic (exact) mass is 356 g/mol. The van der Waals surface area contributed by atoms with E-state index >= 15 is 0 Å². The lowest BCUT2D eigenvalue weighted by Crippen LogP contribution is -2.13. The SMILES string of the molecule is CC(Nc1ncc(-c2cc(C(N)=O)ccc2F)nn1)c1ncccc1F. The highest BCUT2D eigenvalue weighted by atomic mass is 19.1. The molecule has 0 aliphatic rings. The number of halogens is 2. The number of primary amides is 1. The molecule has 3 N–H and O–H groups in total. The standard InChI is InChI=1S/C17H14F2N6O/c1-9(15-13(19)3-2-6-21-15)23-17-22-8-14(24-25-17)11-7-10(16(20)26)4-5-12(11)18/h2-9H,1H3,(H2,20,26)(H,22,23,25). The number of pyridine rings is 1. The van der Waals surface area contributed by atoms with Gasteiger partial charge in [0.2, 0.25) is 11.9 Å². The van der Waals surface area contributed by atoms with Gasteiger partial charge in [0.1, 0.15) is 17.3 Å². The summed E-state index contributed by atoms with van der Waals surface area (Å²) in [5.41, 5.74) is 5.73. The maximum absolute atomic E-state index is 14.0. The van der Waals surface area contributed by atoms with E-state index < -0.39 is 23.6 Å². The second kappa shape index (κ2) is 7.18. The Labute approximate surface area is 147 Å². The molecule has 132 valence electrons. The van der Waals surface area contributed by atoms with Gasteiger partial charge in [-0.1, -0.05) is 0 Å². The first-order valence-electron chi connectivity index (χ1n) is 7.62. The summed E-state index contributed by atoms with van der Waals surface area (Å²) in [4.78, 5) is 19.3. The molecule has 1 unspecified atom stereocenters. The molecule has 0 aliphatic carbocycles. The zero-order valence-electron chi connectivity index (χ0n) is 13.6. The van der Waals surface area contributed by atoms with Crippen molar-refractivity contribution in [2.45, 2.75) is 13.0 Å². The van der Waals surface area contributed by atoms with Gasteiger partial charge in [-0.25, -0.2) is 13.8 Å². The van der Waals surface area contributed by atoms with Crippen LogP contribution in [-0.2, 0) is 0 Å². The number of nitrogens with one attached hydrogen (secondary N) is 1. The number of carbonyl (C=O) groups is 1. The van der Waals surface area contributed by atoms with E-state index in [1.165, 1.54) is 36.7 Å². The summed E-state index contributed by atoms with van der Waals surface area (Å²) >= 11 is 0. The molecule has 2 aromatic heterocycles. The second-order valence-electron chi connectivity index (χ2n) is 5.46. The molecule has 0 radical (unpaired) electrons. The van der Waals surface area contributed by atoms with Gasteiger partial charge >= 0.3 is 0 Å². The van der Waals surface area contributed by atoms with E-state index in [4.69, 9.17) is 5.73 Å². The quantitative estimate of drug-likeness (QED) is 0.727. The number of rotatable bonds is 5. The third-order valence-corrected chi connectivity index (χ3v) is 3.63. The van der Waals surface area contributed by atoms with Crippen molar-refractivity contribution in [1.29, 1.82) is 0 Å². The fraction of sp³-hybridized carbons (Fsp3) is 0.118. The topological polar surface area (TPSA) is 107 Å². The summed E-state index contributed by atoms with van der Waals surface area (Å²) in [5, 5.41) is 10.6. The van der Waals surface area contributed by atoms with Crippen molar-refractivity contribution in [2.75, 3.05) is 5.32 Å². The fourth-order valence-corrected chi connectivity index (χ4v) is 2.32. The Morgan fingerprint density at radius 1 is 1.15 bits per heavy atom. The molecule has 26 heavy (non-hydrogen) atoms. The average molecular weight is 356 g/mol. The summed E-state index contributed by atoms with van der Waals surface area (Å²) < 4.78 is 27.7. The van der Waals surface area contributed by atoms with Gasteiger partial charge in [0.05, 0.1) is 17.9 Å². The normalized spacial score (nSPS) is 11.8. The lowest BCUT2D eigenvalue weighted by Gasteiger charge is -2.13. The maximum Gasteiger partial charge on any atom is 0.248 e. The van der Waals surface area contributed by atoms with E-state index in [9.17, 15) is 13.6 Å². The molecular formula is C17H14F2N6O. The van der Waals surface area contributed by atoms with Crippen LogP contribution in [-0.4, -0.2) is 26.1 Å². The molecule has 9 heteroatoms. The van der Waals surface area contributed by atoms with E-state index in [0.717, 1.165) is 6.07 Å². The highest BCUT2D eigenvalue weighted by molar-refractivity contribution is 5.94. The highest BCUT2D eigenvalue weighted by Crippen LogP contribution is 2.22. The molecule has 0 bridgehead atoms. The van der Waals surface area contributed by atoms with Crippen LogP contribution < -0.4 is 11.1 Å². The Balaban J connectivity index is 1.82. The second-order valence-corrected chi connectivity index (χ2v) is 5.46. The van der Waals surface area contributed by atoms with Crippen LogP contribution in [0.1, 0.15) is 29.0 Å². The summed E-state index contributed by atoms with van der Waals surface area (Å²) in [7, 11) is 0. The molecule has 7 nitrogen and oxygen atoms in total. The van der Waals surface area contributed by atoms with Crippen molar-refractivity contribution in [3.05, 3.63) is 65.6 Å². The van der Waals surface area contributed by atoms with Gasteiger partial charge in [-0.15, -0.1) is 10.2 Å². The van der Waals surface area contributed by atoms with E-state index in [1.807, 2.05) is 0 Å². The molecule has 0 fully saturated rings. The van der Waals surface area contributed by atoms with Gasteiger partial charge in [0, 0.05) is 17.3 Å². The molecule has 1 amide bonds. The number of hydrogen-bond donors (Lipinski definition) is 2. The minimum atomic E-state index is -0.684. The Morgan fingerprint density at radius 2 is 1.96 bits per heavy atom. The van der Waals surface area contributed by atoms with Crippen LogP contribution in [0, 0.1) is 11.6 Å². The zero-order chi connectivity index (χ0) is 18.7. The molecule has 2 heterocycles. The summed E-state index contributed by atoms with van der Waals surface area (Å²) in [6.45, 7) is 1.69. The third kappa shape index (κ3) is 3.61. The predicted molar refractivity (Wildman–Crippen MR) is 90.0 cm³/mol. The molecule has 0 saturated carbocycles. The van der Waals surface area contributed by atoms with Crippen molar-refractivity contribution in [1.82, 2.24) is 20.2 Å². The van der Waals surface area contributed by atoms with Crippen LogP contribution >= 0.6 is 0 Å². The number of anilines is 1. The number of nitrogens with zero attached hydrogens (tertiary/aromatic N) is 4. The number of nitrogens with two attached hydrogens (primary N) is 1. The first kappa shape index (κ1) is 17.3. The zero-order valence-corrected chi connectivity index (χ0v) is 13.6. The first-order chi connectivity index (χ1) is 12.5. The molecule has 0 saturated heterocycles. The Kier molecular flexibility index (Phi) is 4.78. The molecule has 1 atom stereocenters. The van der Waals surface area contributed by atoms with Gasteiger partial charge in [-0.2, -0.15) is 0 Å². The average Bonchev–Trinajstić information content (AvgIpc) is 2.63. The molecule has 3 rings (SSSR count). The van der Waals surface area contributed by atoms with Gasteiger partial charge in [-0.05, 0) is 37.3 Å². The van der Waals surface area contributed by atoms with E-state index in [-0.39, 0.29) is 28.5 Å². The first-order valence-corrected chi connectivity index (χ1v) is 7.62. The van der Waals surface area contributed by atoms with Crippen molar-refractivity contribution in [3.63, 3.8) is 0 Å². The third-order valence-electron chi connectivity index (χ3n) is 3.63. The van der Waals surface area contributed by atoms with E-state index in [0.29, 0.717) is 0 Å². The summed E-state index contributed by atoms with van der Waals surface area (Å²) in [5.74, 6) is -1.60. The number of carbonyl (C=O) groups excluding carboxylic acids is 1. The molecule has 0 spiro atoms. The predicted octanol–water partition coefficient (Wildman–Crippen LogP) is 2.48. The van der Waals surface area contributed by atoms with Crippen LogP contribution in [0.5, 0.6) is 0 Å². The molecule has 3 aromatic rings. The summed E-state index contributed by atoms with van der Waals surface area (Å²) in [6.07, 6.45) is 2.77. The molecule has 1 aromatic carbocycles. The van der Waals surface area contributed by atoms with Crippen LogP contribution in [0.15, 0.2) is 42.7 Å². The lowest BCUT2D eigenvalue weighted by molar-refractivity contribution is 0.100. The van der Waals surface area contributed by atoms with Crippen LogP contribution in [0.2, 0.25) is 0 Å². The van der Waals surface area contributed by atoms with Gasteiger partial charge < -0.3 is 11.1 Å². The Morgan fingerprint density at radius 3 is 2.62 bits per heavy atom. The van der Waals surface area contributed by atoms with Crippen molar-refractivity contribution in [2.24, 2.45) is 5.73 Å². The smallest absolute Gasteiger partial charge is 0.248 e. The van der Waals surface area contributed by atoms with Crippen LogP contribution in [0.25, 0.3) is 11.3 Å². The largest absolute Gasteiger partial charge is 0.366 e. The Bertz CT molecular complexity index is 948. The van der Waals surface area contributed by atoms with Gasteiger partial charge in [0.15, 0.2) is 0 Å². The molecular weight excluding hydrogens is 342 g/mol. The van der Waals surface area contributed by atoms with E-state index in [2.05, 4.69) is 25.5 Å². The molecule has 0 aliphatic heterocycles. The van der Waals surface area contributed by atoms with Crippen LogP contribution in [0.4, 0.5) is 14.7 Å². The number of aromatic nitrogens is 4. The number of amides is 1. The van der Waals surface area contributed by atoms with Crippen molar-refractivity contribution >= 4 is 11.9 Å². The summed E-state index contributed by atoms with van der Waals surface area (Å²) in [6, 6.07) is 5.97. The fourth-order valence-electron chi connectivity index (χ4n) is 2.32. The minimum absolute atomic E-state index is 0.0525. The van der Waals surface area contributed by atoms with E-state index in [1.54, 1.807) is 6.92 Å². The minimum Gasteiger partial charge on any atom is -0.366 e. The number of hydrogen-bond acceptors (Lipinski definition) is 6. The van der Waals surface area contributed by atoms with Gasteiger partial charge in [0.25, 0.3) is 0 Å². The lowest BCUT2D eigenvalue weighted by atomic mass is 10.1. The maximum atomic E-state index is 14.0. The van der Waals surface area contributed by atoms with Crippen molar-refractivity contribution < 1.29 is 13.6 Å². The number of benzene rings is 1.